The standard InChI is InChI=1S/C12H24N2O2/c1-5-9(4)10(13)11(15)14-6-12(16,7-14)8(2)3/h8-10,16H,5-7,13H2,1-4H3/t9?,10-/m0/s1. The molecule has 4 nitrogen and oxygen atoms in total. The summed E-state index contributed by atoms with van der Waals surface area (Å²) < 4.78 is 0. The van der Waals surface area contributed by atoms with Crippen molar-refractivity contribution < 1.29 is 9.90 Å². The Hall–Kier alpha value is -0.610. The van der Waals surface area contributed by atoms with Gasteiger partial charge in [0.1, 0.15) is 5.60 Å². The van der Waals surface area contributed by atoms with Crippen LogP contribution in [0.4, 0.5) is 0 Å². The number of nitrogens with zero attached hydrogens (tertiary/aromatic N) is 1. The molecule has 0 saturated carbocycles. The first-order valence-corrected chi connectivity index (χ1v) is 6.08. The second-order valence-corrected chi connectivity index (χ2v) is 5.36. The van der Waals surface area contributed by atoms with Crippen molar-refractivity contribution >= 4 is 5.91 Å². The number of rotatable bonds is 4. The first kappa shape index (κ1) is 13.5. The summed E-state index contributed by atoms with van der Waals surface area (Å²) in [6.07, 6.45) is 0.898. The van der Waals surface area contributed by atoms with E-state index in [0.29, 0.717) is 13.1 Å². The highest BCUT2D eigenvalue weighted by atomic mass is 16.3. The van der Waals surface area contributed by atoms with Crippen LogP contribution in [0.15, 0.2) is 0 Å². The lowest BCUT2D eigenvalue weighted by atomic mass is 9.82. The summed E-state index contributed by atoms with van der Waals surface area (Å²) >= 11 is 0. The van der Waals surface area contributed by atoms with Crippen LogP contribution < -0.4 is 5.73 Å². The van der Waals surface area contributed by atoms with Crippen LogP contribution in [0.2, 0.25) is 0 Å². The van der Waals surface area contributed by atoms with E-state index < -0.39 is 11.6 Å². The highest BCUT2D eigenvalue weighted by molar-refractivity contribution is 5.83. The van der Waals surface area contributed by atoms with Crippen molar-refractivity contribution in [2.45, 2.75) is 45.8 Å². The SMILES string of the molecule is CCC(C)[C@H](N)C(=O)N1CC(O)(C(C)C)C1. The number of aliphatic hydroxyl groups is 1. The van der Waals surface area contributed by atoms with Crippen LogP contribution >= 0.6 is 0 Å². The second kappa shape index (κ2) is 4.72. The lowest BCUT2D eigenvalue weighted by Gasteiger charge is -2.50. The predicted octanol–water partition coefficient (Wildman–Crippen LogP) is 0.589. The third-order valence-corrected chi connectivity index (χ3v) is 3.86. The molecule has 0 radical (unpaired) electrons. The molecule has 1 fully saturated rings. The van der Waals surface area contributed by atoms with Crippen LogP contribution in [0, 0.1) is 11.8 Å². The number of carbonyl (C=O) groups is 1. The summed E-state index contributed by atoms with van der Waals surface area (Å²) in [4.78, 5) is 13.6. The Morgan fingerprint density at radius 3 is 2.31 bits per heavy atom. The van der Waals surface area contributed by atoms with Gasteiger partial charge in [-0.05, 0) is 11.8 Å². The van der Waals surface area contributed by atoms with Crippen LogP contribution in [-0.4, -0.2) is 40.6 Å². The van der Waals surface area contributed by atoms with E-state index in [1.165, 1.54) is 0 Å². The van der Waals surface area contributed by atoms with Crippen LogP contribution in [-0.2, 0) is 4.79 Å². The summed E-state index contributed by atoms with van der Waals surface area (Å²) in [6, 6.07) is -0.429. The van der Waals surface area contributed by atoms with Gasteiger partial charge in [0.05, 0.1) is 19.1 Å². The Kier molecular flexibility index (Phi) is 3.97. The van der Waals surface area contributed by atoms with Gasteiger partial charge in [0.2, 0.25) is 5.91 Å². The molecule has 94 valence electrons. The van der Waals surface area contributed by atoms with E-state index in [1.807, 2.05) is 27.7 Å². The third-order valence-electron chi connectivity index (χ3n) is 3.86. The van der Waals surface area contributed by atoms with Gasteiger partial charge in [0, 0.05) is 0 Å². The molecule has 3 N–H and O–H groups in total. The smallest absolute Gasteiger partial charge is 0.239 e. The molecule has 0 aliphatic carbocycles. The van der Waals surface area contributed by atoms with Crippen molar-refractivity contribution in [1.29, 1.82) is 0 Å². The monoisotopic (exact) mass is 228 g/mol. The molecule has 0 aromatic heterocycles. The lowest BCUT2D eigenvalue weighted by molar-refractivity contribution is -0.166. The summed E-state index contributed by atoms with van der Waals surface area (Å²) in [5.41, 5.74) is 5.17. The Labute approximate surface area is 97.8 Å². The molecule has 1 heterocycles. The molecule has 0 aromatic rings. The average molecular weight is 228 g/mol. The van der Waals surface area contributed by atoms with Gasteiger partial charge in [-0.2, -0.15) is 0 Å². The average Bonchev–Trinajstić information content (AvgIpc) is 2.21. The van der Waals surface area contributed by atoms with E-state index in [4.69, 9.17) is 5.73 Å². The largest absolute Gasteiger partial charge is 0.386 e. The minimum atomic E-state index is -0.704. The Bertz CT molecular complexity index is 260. The number of carbonyl (C=O) groups excluding carboxylic acids is 1. The van der Waals surface area contributed by atoms with E-state index in [0.717, 1.165) is 6.42 Å². The van der Waals surface area contributed by atoms with Gasteiger partial charge in [0.25, 0.3) is 0 Å². The van der Waals surface area contributed by atoms with E-state index in [9.17, 15) is 9.90 Å². The van der Waals surface area contributed by atoms with E-state index in [2.05, 4.69) is 0 Å². The molecule has 0 spiro atoms. The topological polar surface area (TPSA) is 66.6 Å². The van der Waals surface area contributed by atoms with Crippen molar-refractivity contribution in [1.82, 2.24) is 4.90 Å². The van der Waals surface area contributed by atoms with Crippen molar-refractivity contribution in [2.75, 3.05) is 13.1 Å². The zero-order valence-electron chi connectivity index (χ0n) is 10.7. The lowest BCUT2D eigenvalue weighted by Crippen LogP contribution is -2.68. The zero-order chi connectivity index (χ0) is 12.5. The number of hydrogen-bond donors (Lipinski definition) is 2. The maximum atomic E-state index is 11.9. The van der Waals surface area contributed by atoms with Crippen LogP contribution in [0.25, 0.3) is 0 Å². The highest BCUT2D eigenvalue weighted by Gasteiger charge is 2.46. The van der Waals surface area contributed by atoms with Gasteiger partial charge in [0.15, 0.2) is 0 Å². The van der Waals surface area contributed by atoms with E-state index in [-0.39, 0.29) is 17.7 Å². The predicted molar refractivity (Wildman–Crippen MR) is 63.8 cm³/mol. The van der Waals surface area contributed by atoms with Gasteiger partial charge in [-0.1, -0.05) is 34.1 Å². The van der Waals surface area contributed by atoms with Crippen LogP contribution in [0.1, 0.15) is 34.1 Å². The minimum Gasteiger partial charge on any atom is -0.386 e. The van der Waals surface area contributed by atoms with Gasteiger partial charge in [-0.15, -0.1) is 0 Å². The maximum Gasteiger partial charge on any atom is 0.239 e. The summed E-state index contributed by atoms with van der Waals surface area (Å²) in [5, 5.41) is 10.0. The molecule has 0 aromatic carbocycles. The Balaban J connectivity index is 2.49. The van der Waals surface area contributed by atoms with Crippen molar-refractivity contribution in [2.24, 2.45) is 17.6 Å². The van der Waals surface area contributed by atoms with Gasteiger partial charge in [-0.3, -0.25) is 4.79 Å². The zero-order valence-corrected chi connectivity index (χ0v) is 10.7. The minimum absolute atomic E-state index is 0.0281. The Morgan fingerprint density at radius 1 is 1.44 bits per heavy atom. The van der Waals surface area contributed by atoms with Crippen molar-refractivity contribution in [3.63, 3.8) is 0 Å². The number of likely N-dealkylation sites (tertiary alicyclic amines) is 1. The number of amides is 1. The second-order valence-electron chi connectivity index (χ2n) is 5.36. The van der Waals surface area contributed by atoms with E-state index >= 15 is 0 Å². The molecule has 16 heavy (non-hydrogen) atoms. The molecule has 2 atom stereocenters. The van der Waals surface area contributed by atoms with Gasteiger partial charge in [-0.25, -0.2) is 0 Å². The molecule has 1 unspecified atom stereocenters. The number of nitrogens with two attached hydrogens (primary N) is 1. The Morgan fingerprint density at radius 2 is 1.94 bits per heavy atom. The van der Waals surface area contributed by atoms with E-state index in [1.54, 1.807) is 4.90 Å². The maximum absolute atomic E-state index is 11.9. The fourth-order valence-electron chi connectivity index (χ4n) is 1.84. The normalized spacial score (nSPS) is 22.8. The molecule has 1 saturated heterocycles. The molecule has 0 bridgehead atoms. The van der Waals surface area contributed by atoms with Crippen molar-refractivity contribution in [3.8, 4) is 0 Å². The molecule has 1 rings (SSSR count). The van der Waals surface area contributed by atoms with Gasteiger partial charge >= 0.3 is 0 Å². The molecule has 4 heteroatoms. The fraction of sp³-hybridized carbons (Fsp3) is 0.917. The summed E-state index contributed by atoms with van der Waals surface area (Å²) in [6.45, 7) is 8.80. The first-order chi connectivity index (χ1) is 7.31. The van der Waals surface area contributed by atoms with Gasteiger partial charge < -0.3 is 15.7 Å². The third kappa shape index (κ3) is 2.38. The quantitative estimate of drug-likeness (QED) is 0.740. The number of β-amino-alcohol motifs (C(OH)–C–C–N with tert-alkyl or cyclic N) is 1. The fourth-order valence-corrected chi connectivity index (χ4v) is 1.84. The molecular formula is C12H24N2O2. The molecular weight excluding hydrogens is 204 g/mol. The van der Waals surface area contributed by atoms with Crippen molar-refractivity contribution in [3.05, 3.63) is 0 Å². The van der Waals surface area contributed by atoms with Crippen LogP contribution in [0.3, 0.4) is 0 Å². The summed E-state index contributed by atoms with van der Waals surface area (Å²) in [7, 11) is 0. The van der Waals surface area contributed by atoms with Crippen LogP contribution in [0.5, 0.6) is 0 Å². The summed E-state index contributed by atoms with van der Waals surface area (Å²) in [5.74, 6) is 0.344. The highest BCUT2D eigenvalue weighted by Crippen LogP contribution is 2.29. The molecule has 1 aliphatic rings. The number of hydrogen-bond acceptors (Lipinski definition) is 3. The first-order valence-electron chi connectivity index (χ1n) is 6.08. The molecule has 1 aliphatic heterocycles. The molecule has 1 amide bonds.